The molecule has 3 rings (SSSR count). The monoisotopic (exact) mass is 746 g/mol. The number of nitrogens with zero attached hydrogens (tertiary/aromatic N) is 1. The fraction of sp³-hybridized carbons (Fsp3) is 0.696. The summed E-state index contributed by atoms with van der Waals surface area (Å²) >= 11 is 0. The van der Waals surface area contributed by atoms with Gasteiger partial charge in [-0.05, 0) is 125 Å². The molecular formula is C46H78F2NPS. The Bertz CT molecular complexity index is 1350. The Labute approximate surface area is 318 Å². The topological polar surface area (TPSA) is 3.24 Å². The Balaban J connectivity index is 0.00000901. The lowest BCUT2D eigenvalue weighted by molar-refractivity contribution is 0.228. The fourth-order valence-corrected chi connectivity index (χ4v) is 13.6. The van der Waals surface area contributed by atoms with Crippen LogP contribution in [0.4, 0.5) is 14.5 Å². The van der Waals surface area contributed by atoms with Gasteiger partial charge >= 0.3 is 0 Å². The van der Waals surface area contributed by atoms with Gasteiger partial charge in [-0.2, -0.15) is 0 Å². The summed E-state index contributed by atoms with van der Waals surface area (Å²) in [6, 6.07) is 7.21. The number of fused-ring (bicyclic) bond motifs is 1. The smallest absolute Gasteiger partial charge is 0.129 e. The standard InChI is InChI=1S/C45H74F2NPS.CH4/c1-13-15-27-45(28-16-14-2)33-39(38-32-37(48(8)9)21-23-42(38)50(11,12)34-45)35-20-22-41(40(47)31-35)49(10)30-18-26-44(6,7)25-17-19-36(24-29-46)43(3,4)5;/h17,19-24,32,39-40H,13-16,18,25-31,33-34H2,1-12H3;1H4/b19-17-,36-24+;. The molecule has 292 valence electrons. The molecule has 3 atom stereocenters. The number of rotatable bonds is 17. The van der Waals surface area contributed by atoms with Crippen molar-refractivity contribution >= 4 is 23.6 Å². The summed E-state index contributed by atoms with van der Waals surface area (Å²) in [6.07, 6.45) is 28.4. The normalized spacial score (nSPS) is 22.0. The highest BCUT2D eigenvalue weighted by atomic mass is 32.3. The van der Waals surface area contributed by atoms with Gasteiger partial charge in [0.1, 0.15) is 12.8 Å². The number of halogens is 2. The maximum atomic E-state index is 16.5. The zero-order valence-electron chi connectivity index (χ0n) is 34.2. The SMILES string of the molecule is C.CCCCC1(CCCC)CC(C2=CC=C(P(C)CCCC(C)(C)C/C=C\C(=C/CF)C(C)(C)C)C(F)C2)c2cc(N(C)C)ccc2S(C)(C)C1. The van der Waals surface area contributed by atoms with Crippen LogP contribution in [0.3, 0.4) is 0 Å². The summed E-state index contributed by atoms with van der Waals surface area (Å²) in [5.74, 6) is 1.57. The number of unbranched alkanes of at least 4 members (excludes halogenated alkanes) is 2. The van der Waals surface area contributed by atoms with Gasteiger partial charge in [-0.15, -0.1) is 0 Å². The van der Waals surface area contributed by atoms with Gasteiger partial charge in [-0.3, -0.25) is 0 Å². The van der Waals surface area contributed by atoms with E-state index in [1.165, 1.54) is 61.1 Å². The van der Waals surface area contributed by atoms with Crippen molar-refractivity contribution < 1.29 is 8.78 Å². The van der Waals surface area contributed by atoms with Gasteiger partial charge in [0.05, 0.1) is 0 Å². The van der Waals surface area contributed by atoms with Crippen LogP contribution in [0.2, 0.25) is 0 Å². The molecule has 1 aromatic rings. The fourth-order valence-electron chi connectivity index (χ4n) is 8.48. The number of alkyl halides is 2. The Morgan fingerprint density at radius 2 is 1.67 bits per heavy atom. The Morgan fingerprint density at radius 1 is 1.02 bits per heavy atom. The van der Waals surface area contributed by atoms with Gasteiger partial charge in [0.2, 0.25) is 0 Å². The molecule has 1 heterocycles. The zero-order chi connectivity index (χ0) is 37.3. The van der Waals surface area contributed by atoms with Crippen molar-refractivity contribution in [3.8, 4) is 0 Å². The summed E-state index contributed by atoms with van der Waals surface area (Å²) in [6.45, 7) is 17.6. The number of anilines is 1. The molecule has 1 nitrogen and oxygen atoms in total. The maximum absolute atomic E-state index is 16.5. The maximum Gasteiger partial charge on any atom is 0.129 e. The van der Waals surface area contributed by atoms with Crippen LogP contribution in [0.5, 0.6) is 0 Å². The van der Waals surface area contributed by atoms with Crippen LogP contribution >= 0.6 is 17.9 Å². The van der Waals surface area contributed by atoms with E-state index in [2.05, 4.69) is 129 Å². The van der Waals surface area contributed by atoms with Gasteiger partial charge in [0.25, 0.3) is 0 Å². The Morgan fingerprint density at radius 3 is 2.22 bits per heavy atom. The van der Waals surface area contributed by atoms with Gasteiger partial charge < -0.3 is 4.90 Å². The molecule has 0 bridgehead atoms. The van der Waals surface area contributed by atoms with E-state index in [0.717, 1.165) is 42.7 Å². The molecule has 0 N–H and O–H groups in total. The van der Waals surface area contributed by atoms with Crippen molar-refractivity contribution in [1.29, 1.82) is 0 Å². The second kappa shape index (κ2) is 19.8. The highest BCUT2D eigenvalue weighted by molar-refractivity contribution is 8.32. The third-order valence-corrected chi connectivity index (χ3v) is 16.7. The Hall–Kier alpha value is -1.38. The average Bonchev–Trinajstić information content (AvgIpc) is 3.13. The molecular weight excluding hydrogens is 668 g/mol. The molecule has 0 saturated carbocycles. The summed E-state index contributed by atoms with van der Waals surface area (Å²) < 4.78 is 29.6. The summed E-state index contributed by atoms with van der Waals surface area (Å²) in [4.78, 5) is 3.78. The van der Waals surface area contributed by atoms with Crippen LogP contribution in [-0.4, -0.2) is 58.0 Å². The van der Waals surface area contributed by atoms with Crippen molar-refractivity contribution in [2.45, 2.75) is 144 Å². The third-order valence-electron chi connectivity index (χ3n) is 11.5. The summed E-state index contributed by atoms with van der Waals surface area (Å²) in [5, 5.41) is 1.05. The number of hydrogen-bond donors (Lipinski definition) is 0. The molecule has 51 heavy (non-hydrogen) atoms. The van der Waals surface area contributed by atoms with E-state index in [9.17, 15) is 4.39 Å². The molecule has 1 aliphatic carbocycles. The molecule has 0 saturated heterocycles. The van der Waals surface area contributed by atoms with Gasteiger partial charge in [0, 0.05) is 32.1 Å². The minimum atomic E-state index is -1.01. The first kappa shape index (κ1) is 45.8. The van der Waals surface area contributed by atoms with Crippen LogP contribution in [0.1, 0.15) is 138 Å². The van der Waals surface area contributed by atoms with Gasteiger partial charge in [-0.1, -0.05) is 125 Å². The van der Waals surface area contributed by atoms with E-state index < -0.39 is 30.8 Å². The first-order chi connectivity index (χ1) is 23.4. The summed E-state index contributed by atoms with van der Waals surface area (Å²) in [5.41, 5.74) is 5.51. The highest BCUT2D eigenvalue weighted by Gasteiger charge is 2.43. The van der Waals surface area contributed by atoms with E-state index in [4.69, 9.17) is 0 Å². The van der Waals surface area contributed by atoms with Crippen LogP contribution in [0.25, 0.3) is 0 Å². The molecule has 1 aromatic carbocycles. The van der Waals surface area contributed by atoms with Crippen molar-refractivity contribution in [3.63, 3.8) is 0 Å². The predicted octanol–water partition coefficient (Wildman–Crippen LogP) is 15.0. The zero-order valence-corrected chi connectivity index (χ0v) is 35.9. The van der Waals surface area contributed by atoms with E-state index in [1.54, 1.807) is 11.0 Å². The van der Waals surface area contributed by atoms with Crippen molar-refractivity contribution in [3.05, 3.63) is 70.6 Å². The predicted molar refractivity (Wildman–Crippen MR) is 233 cm³/mol. The molecule has 3 unspecified atom stereocenters. The Kier molecular flexibility index (Phi) is 17.8. The highest BCUT2D eigenvalue weighted by Crippen LogP contribution is 2.64. The molecule has 0 radical (unpaired) electrons. The summed E-state index contributed by atoms with van der Waals surface area (Å²) in [7, 11) is 2.74. The lowest BCUT2D eigenvalue weighted by atomic mass is 9.69. The van der Waals surface area contributed by atoms with Gasteiger partial charge in [-0.25, -0.2) is 18.8 Å². The van der Waals surface area contributed by atoms with Crippen LogP contribution in [-0.2, 0) is 0 Å². The largest absolute Gasteiger partial charge is 0.378 e. The molecule has 5 heteroatoms. The average molecular weight is 746 g/mol. The molecule has 0 fully saturated rings. The minimum absolute atomic E-state index is 0. The van der Waals surface area contributed by atoms with Crippen LogP contribution in [0, 0.1) is 16.2 Å². The second-order valence-electron chi connectivity index (χ2n) is 18.1. The van der Waals surface area contributed by atoms with Crippen LogP contribution < -0.4 is 4.90 Å². The quantitative estimate of drug-likeness (QED) is 0.113. The number of allylic oxidation sites excluding steroid dienone is 8. The van der Waals surface area contributed by atoms with Gasteiger partial charge in [0.15, 0.2) is 0 Å². The van der Waals surface area contributed by atoms with Crippen molar-refractivity contribution in [1.82, 2.24) is 0 Å². The first-order valence-corrected chi connectivity index (χ1v) is 24.2. The third kappa shape index (κ3) is 12.9. The molecule has 0 spiro atoms. The van der Waals surface area contributed by atoms with Crippen LogP contribution in [0.15, 0.2) is 69.9 Å². The lowest BCUT2D eigenvalue weighted by Crippen LogP contribution is -2.29. The van der Waals surface area contributed by atoms with E-state index in [-0.39, 0.29) is 24.2 Å². The van der Waals surface area contributed by atoms with E-state index >= 15 is 4.39 Å². The molecule has 1 aliphatic heterocycles. The van der Waals surface area contributed by atoms with E-state index in [0.29, 0.717) is 11.8 Å². The minimum Gasteiger partial charge on any atom is -0.378 e. The second-order valence-corrected chi connectivity index (χ2v) is 24.3. The molecule has 2 aliphatic rings. The lowest BCUT2D eigenvalue weighted by Gasteiger charge is -2.43. The van der Waals surface area contributed by atoms with Crippen molar-refractivity contribution in [2.75, 3.05) is 56.8 Å². The molecule has 0 amide bonds. The molecule has 0 aromatic heterocycles. The van der Waals surface area contributed by atoms with Crippen molar-refractivity contribution in [2.24, 2.45) is 16.2 Å². The number of benzene rings is 1. The number of hydrogen-bond acceptors (Lipinski definition) is 1. The first-order valence-electron chi connectivity index (χ1n) is 19.6. The van der Waals surface area contributed by atoms with E-state index in [1.807, 2.05) is 0 Å².